The van der Waals surface area contributed by atoms with Crippen LogP contribution in [0.1, 0.15) is 0 Å². The van der Waals surface area contributed by atoms with Crippen molar-refractivity contribution in [3.05, 3.63) is 97.3 Å². The molecular weight excluding hydrogens is 558 g/mol. The first-order valence-electron chi connectivity index (χ1n) is 10.5. The summed E-state index contributed by atoms with van der Waals surface area (Å²) >= 11 is 8.10. The van der Waals surface area contributed by atoms with E-state index in [-0.39, 0.29) is 19.9 Å². The van der Waals surface area contributed by atoms with Crippen LogP contribution in [0.4, 0.5) is 21.2 Å². The number of carbonyl (C=O) groups excluding carboxylic acids is 1. The number of hydrogen-bond donors (Lipinski definition) is 4. The van der Waals surface area contributed by atoms with Crippen LogP contribution in [-0.4, -0.2) is 24.0 Å². The van der Waals surface area contributed by atoms with Crippen molar-refractivity contribution in [3.63, 3.8) is 0 Å². The van der Waals surface area contributed by atoms with E-state index in [1.807, 2.05) is 22.2 Å². The Morgan fingerprint density at radius 2 is 1.73 bits per heavy atom. The van der Waals surface area contributed by atoms with Crippen molar-refractivity contribution in [1.82, 2.24) is 14.3 Å². The summed E-state index contributed by atoms with van der Waals surface area (Å²) in [5.41, 5.74) is 0.470. The molecule has 188 valence electrons. The first-order chi connectivity index (χ1) is 17.7. The zero-order chi connectivity index (χ0) is 26.2. The van der Waals surface area contributed by atoms with E-state index in [1.165, 1.54) is 47.7 Å². The Bertz CT molecular complexity index is 1840. The molecule has 3 heterocycles. The number of nitrogens with zero attached hydrogens (tertiary/aromatic N) is 1. The van der Waals surface area contributed by atoms with Gasteiger partial charge in [0.15, 0.2) is 0 Å². The predicted molar refractivity (Wildman–Crippen MR) is 146 cm³/mol. The molecule has 0 spiro atoms. The van der Waals surface area contributed by atoms with Gasteiger partial charge in [0, 0.05) is 11.4 Å². The van der Waals surface area contributed by atoms with Crippen molar-refractivity contribution in [2.75, 3.05) is 10.6 Å². The van der Waals surface area contributed by atoms with Crippen molar-refractivity contribution in [2.45, 2.75) is 4.21 Å². The van der Waals surface area contributed by atoms with Crippen LogP contribution in [0.25, 0.3) is 16.6 Å². The highest BCUT2D eigenvalue weighted by Gasteiger charge is 2.20. The number of anilines is 3. The molecule has 0 fully saturated rings. The van der Waals surface area contributed by atoms with Gasteiger partial charge in [0.1, 0.15) is 4.21 Å². The largest absolute Gasteiger partial charge is 0.347 e. The second kappa shape index (κ2) is 9.86. The highest BCUT2D eigenvalue weighted by atomic mass is 35.5. The molecular formula is C23H16ClN5O5S3. The topological polar surface area (TPSA) is 142 Å². The van der Waals surface area contributed by atoms with Crippen LogP contribution in [0.3, 0.4) is 0 Å². The lowest BCUT2D eigenvalue weighted by Crippen LogP contribution is -2.34. The second-order valence-electron chi connectivity index (χ2n) is 7.60. The van der Waals surface area contributed by atoms with Gasteiger partial charge in [-0.05, 0) is 72.1 Å². The Balaban J connectivity index is 1.35. The van der Waals surface area contributed by atoms with E-state index in [0.29, 0.717) is 10.9 Å². The molecule has 14 heteroatoms. The lowest BCUT2D eigenvalue weighted by Gasteiger charge is -2.10. The molecule has 4 N–H and O–H groups in total. The molecule has 0 aliphatic rings. The maximum atomic E-state index is 13.1. The number of nitrogens with one attached hydrogen (secondary N) is 4. The van der Waals surface area contributed by atoms with Gasteiger partial charge in [-0.2, -0.15) is 0 Å². The van der Waals surface area contributed by atoms with Gasteiger partial charge in [-0.1, -0.05) is 11.6 Å². The molecule has 0 saturated heterocycles. The van der Waals surface area contributed by atoms with Crippen LogP contribution in [0.2, 0.25) is 4.34 Å². The number of fused-ring (bicyclic) bond motifs is 1. The average molecular weight is 574 g/mol. The monoisotopic (exact) mass is 573 g/mol. The molecule has 0 aliphatic heterocycles. The SMILES string of the molecule is O=C(Nc1ccc(-n2c(=O)[nH]c3cc(Nc4cccs4)ccc3c2=O)cc1)NS(=O)(=O)c1ccc(Cl)s1. The van der Waals surface area contributed by atoms with Crippen LogP contribution in [-0.2, 0) is 10.0 Å². The number of aromatic amines is 1. The molecule has 3 aromatic heterocycles. The maximum Gasteiger partial charge on any atom is 0.333 e. The maximum absolute atomic E-state index is 13.1. The van der Waals surface area contributed by atoms with Crippen LogP contribution >= 0.6 is 34.3 Å². The van der Waals surface area contributed by atoms with E-state index >= 15 is 0 Å². The smallest absolute Gasteiger partial charge is 0.333 e. The number of urea groups is 1. The molecule has 10 nitrogen and oxygen atoms in total. The van der Waals surface area contributed by atoms with E-state index in [0.717, 1.165) is 26.6 Å². The standard InChI is InChI=1S/C23H16ClN5O5S3/c24-18-9-10-20(36-18)37(33,34)28-22(31)26-13-3-6-15(7-4-13)29-21(30)16-8-5-14(12-17(16)27-23(29)32)25-19-2-1-11-35-19/h1-12,25H,(H,27,32)(H2,26,28,31). The third-order valence-electron chi connectivity index (χ3n) is 5.11. The van der Waals surface area contributed by atoms with Crippen LogP contribution in [0.15, 0.2) is 85.9 Å². The van der Waals surface area contributed by atoms with Crippen molar-refractivity contribution in [1.29, 1.82) is 0 Å². The van der Waals surface area contributed by atoms with E-state index in [1.54, 1.807) is 18.2 Å². The van der Waals surface area contributed by atoms with E-state index in [9.17, 15) is 22.8 Å². The Labute approximate surface area is 222 Å². The molecule has 5 rings (SSSR count). The molecule has 0 aliphatic carbocycles. The fraction of sp³-hybridized carbons (Fsp3) is 0. The normalized spacial score (nSPS) is 11.4. The zero-order valence-corrected chi connectivity index (χ0v) is 21.7. The lowest BCUT2D eigenvalue weighted by atomic mass is 10.2. The highest BCUT2D eigenvalue weighted by Crippen LogP contribution is 2.25. The molecule has 37 heavy (non-hydrogen) atoms. The van der Waals surface area contributed by atoms with Gasteiger partial charge in [0.25, 0.3) is 15.6 Å². The van der Waals surface area contributed by atoms with Gasteiger partial charge in [-0.25, -0.2) is 27.3 Å². The predicted octanol–water partition coefficient (Wildman–Crippen LogP) is 4.71. The van der Waals surface area contributed by atoms with Crippen LogP contribution < -0.4 is 26.6 Å². The third-order valence-corrected chi connectivity index (χ3v) is 8.95. The molecule has 0 radical (unpaired) electrons. The number of benzene rings is 2. The van der Waals surface area contributed by atoms with Gasteiger partial charge >= 0.3 is 11.7 Å². The summed E-state index contributed by atoms with van der Waals surface area (Å²) < 4.78 is 27.6. The van der Waals surface area contributed by atoms with Crippen molar-refractivity contribution in [2.24, 2.45) is 0 Å². The summed E-state index contributed by atoms with van der Waals surface area (Å²) in [4.78, 5) is 40.8. The number of H-pyrrole nitrogens is 1. The Hall–Kier alpha value is -3.91. The summed E-state index contributed by atoms with van der Waals surface area (Å²) in [5, 5.41) is 8.78. The molecule has 2 amide bonds. The fourth-order valence-corrected chi connectivity index (χ4v) is 6.51. The van der Waals surface area contributed by atoms with Crippen molar-refractivity contribution in [3.8, 4) is 5.69 Å². The molecule has 0 saturated carbocycles. The van der Waals surface area contributed by atoms with Gasteiger partial charge in [-0.3, -0.25) is 4.79 Å². The van der Waals surface area contributed by atoms with Gasteiger partial charge in [-0.15, -0.1) is 22.7 Å². The number of amides is 2. The first kappa shape index (κ1) is 24.8. The Morgan fingerprint density at radius 3 is 2.41 bits per heavy atom. The van der Waals surface area contributed by atoms with Crippen molar-refractivity contribution < 1.29 is 13.2 Å². The van der Waals surface area contributed by atoms with Gasteiger partial charge < -0.3 is 15.6 Å². The molecule has 0 bridgehead atoms. The minimum atomic E-state index is -4.08. The number of thiophene rings is 2. The number of halogens is 1. The minimum Gasteiger partial charge on any atom is -0.347 e. The number of sulfonamides is 1. The number of rotatable bonds is 6. The minimum absolute atomic E-state index is 0.104. The first-order valence-corrected chi connectivity index (χ1v) is 14.0. The Kier molecular flexibility index (Phi) is 6.60. The summed E-state index contributed by atoms with van der Waals surface area (Å²) in [7, 11) is -4.08. The van der Waals surface area contributed by atoms with Gasteiger partial charge in [0.2, 0.25) is 0 Å². The third kappa shape index (κ3) is 5.29. The fourth-order valence-electron chi connectivity index (χ4n) is 3.49. The summed E-state index contributed by atoms with van der Waals surface area (Å²) in [6.07, 6.45) is 0. The summed E-state index contributed by atoms with van der Waals surface area (Å²) in [5.74, 6) is 0. The van der Waals surface area contributed by atoms with Crippen LogP contribution in [0, 0.1) is 0 Å². The van der Waals surface area contributed by atoms with Crippen molar-refractivity contribution >= 4 is 77.6 Å². The molecule has 0 atom stereocenters. The quantitative estimate of drug-likeness (QED) is 0.232. The molecule has 0 unspecified atom stereocenters. The van der Waals surface area contributed by atoms with Gasteiger partial charge in [0.05, 0.1) is 25.9 Å². The second-order valence-corrected chi connectivity index (χ2v) is 12.2. The van der Waals surface area contributed by atoms with E-state index in [2.05, 4.69) is 15.6 Å². The highest BCUT2D eigenvalue weighted by molar-refractivity contribution is 7.92. The zero-order valence-electron chi connectivity index (χ0n) is 18.5. The Morgan fingerprint density at radius 1 is 0.973 bits per heavy atom. The average Bonchev–Trinajstić information content (AvgIpc) is 3.52. The summed E-state index contributed by atoms with van der Waals surface area (Å²) in [6.45, 7) is 0. The molecule has 5 aromatic rings. The van der Waals surface area contributed by atoms with Crippen LogP contribution in [0.5, 0.6) is 0 Å². The number of hydrogen-bond acceptors (Lipinski definition) is 8. The number of aromatic nitrogens is 2. The lowest BCUT2D eigenvalue weighted by molar-refractivity contribution is 0.256. The van der Waals surface area contributed by atoms with E-state index in [4.69, 9.17) is 11.6 Å². The van der Waals surface area contributed by atoms with E-state index < -0.39 is 27.3 Å². The molecule has 2 aromatic carbocycles. The number of carbonyl (C=O) groups is 1. The summed E-state index contributed by atoms with van der Waals surface area (Å²) in [6, 6.07) is 16.4.